The van der Waals surface area contributed by atoms with Crippen LogP contribution in [0.4, 0.5) is 0 Å². The fraction of sp³-hybridized carbons (Fsp3) is 0.760. The first kappa shape index (κ1) is 22.7. The molecule has 6 heteroatoms. The van der Waals surface area contributed by atoms with Gasteiger partial charge in [0.1, 0.15) is 11.9 Å². The zero-order chi connectivity index (χ0) is 22.9. The van der Waals surface area contributed by atoms with Crippen LogP contribution in [0.1, 0.15) is 47.5 Å². The molecule has 0 aromatic rings. The molecule has 0 saturated heterocycles. The number of cyclic esters (lactones) is 1. The lowest BCUT2D eigenvalue weighted by atomic mass is 9.51. The van der Waals surface area contributed by atoms with Crippen LogP contribution in [-0.2, 0) is 19.1 Å². The van der Waals surface area contributed by atoms with Crippen molar-refractivity contribution in [2.75, 3.05) is 7.11 Å². The van der Waals surface area contributed by atoms with Crippen molar-refractivity contribution in [3.05, 3.63) is 23.8 Å². The number of Topliss-reactive ketones (excluding diaryl/α,β-unsaturated/α-hetero) is 1. The molecule has 4 rings (SSSR count). The Bertz CT molecular complexity index is 830. The van der Waals surface area contributed by atoms with E-state index in [0.717, 1.165) is 5.57 Å². The van der Waals surface area contributed by atoms with Gasteiger partial charge in [-0.1, -0.05) is 44.6 Å². The van der Waals surface area contributed by atoms with Gasteiger partial charge in [-0.3, -0.25) is 4.79 Å². The topological polar surface area (TPSA) is 93.1 Å². The predicted octanol–water partition coefficient (Wildman–Crippen LogP) is 2.67. The van der Waals surface area contributed by atoms with Crippen LogP contribution in [0.15, 0.2) is 23.8 Å². The fourth-order valence-electron chi connectivity index (χ4n) is 7.41. The van der Waals surface area contributed by atoms with Crippen LogP contribution in [0, 0.1) is 40.4 Å². The van der Waals surface area contributed by atoms with Crippen molar-refractivity contribution < 1.29 is 29.3 Å². The Kier molecular flexibility index (Phi) is 5.51. The van der Waals surface area contributed by atoms with E-state index in [1.807, 2.05) is 13.8 Å². The Morgan fingerprint density at radius 3 is 2.58 bits per heavy atom. The molecule has 2 N–H and O–H groups in total. The summed E-state index contributed by atoms with van der Waals surface area (Å²) in [5.74, 6) is -1.30. The molecule has 1 heterocycles. The summed E-state index contributed by atoms with van der Waals surface area (Å²) in [6.07, 6.45) is 4.37. The maximum atomic E-state index is 13.2. The van der Waals surface area contributed by atoms with Gasteiger partial charge >= 0.3 is 5.97 Å². The molecule has 0 aromatic heterocycles. The molecule has 1 spiro atoms. The molecule has 11 atom stereocenters. The molecule has 4 bridgehead atoms. The Morgan fingerprint density at radius 2 is 1.97 bits per heavy atom. The van der Waals surface area contributed by atoms with Gasteiger partial charge in [0.05, 0.1) is 12.2 Å². The van der Waals surface area contributed by atoms with E-state index in [1.165, 1.54) is 7.11 Å². The normalized spacial score (nSPS) is 52.1. The molecule has 2 saturated carbocycles. The number of carbonyl (C=O) groups is 2. The number of rotatable bonds is 2. The van der Waals surface area contributed by atoms with Gasteiger partial charge < -0.3 is 19.7 Å². The number of aliphatic hydroxyl groups is 2. The summed E-state index contributed by atoms with van der Waals surface area (Å²) in [7, 11) is 1.50. The molecule has 1 aliphatic heterocycles. The lowest BCUT2D eigenvalue weighted by Crippen LogP contribution is -2.56. The van der Waals surface area contributed by atoms with Crippen molar-refractivity contribution in [3.8, 4) is 0 Å². The summed E-state index contributed by atoms with van der Waals surface area (Å²) in [6, 6.07) is 0. The van der Waals surface area contributed by atoms with E-state index in [2.05, 4.69) is 32.1 Å². The molecule has 31 heavy (non-hydrogen) atoms. The third-order valence-corrected chi connectivity index (χ3v) is 9.02. The average Bonchev–Trinajstić information content (AvgIpc) is 2.85. The number of ether oxygens (including phenoxy) is 2. The number of allylic oxidation sites excluding steroid dienone is 3. The first-order valence-corrected chi connectivity index (χ1v) is 11.5. The summed E-state index contributed by atoms with van der Waals surface area (Å²) < 4.78 is 11.2. The predicted molar refractivity (Wildman–Crippen MR) is 115 cm³/mol. The van der Waals surface area contributed by atoms with Crippen LogP contribution in [0.5, 0.6) is 0 Å². The molecule has 3 aliphatic carbocycles. The second kappa shape index (κ2) is 7.53. The molecule has 0 radical (unpaired) electrons. The monoisotopic (exact) mass is 432 g/mol. The third-order valence-electron chi connectivity index (χ3n) is 9.02. The van der Waals surface area contributed by atoms with E-state index >= 15 is 0 Å². The standard InChI is InChI=1S/C25H36O6/c1-12-9-13(2)25-11-17-19(27)14(3)20(28)22(25)24(17,5)8-7-16(25)10-18(30-6)23(29)31-21(12)15(4)26/h7-9,12,14-18,20-22,26,28H,10-11H2,1-6H3/b13-9+/t12-,14+,15-,16-,17+,18+,20-,21+,22-,24+,25-/m1/s1. The Labute approximate surface area is 184 Å². The highest BCUT2D eigenvalue weighted by molar-refractivity contribution is 5.87. The SMILES string of the molecule is CO[C@H]1C[C@H]2C=C[C@]3(C)[C@H]4[C@H](O)[C@@H](C)C(=O)[C@@H]3C[C@@]24/C(C)=C/[C@@H](C)[C@@H]([C@@H](C)O)OC1=O. The number of ketones is 1. The van der Waals surface area contributed by atoms with Crippen molar-refractivity contribution in [1.29, 1.82) is 0 Å². The zero-order valence-corrected chi connectivity index (χ0v) is 19.4. The fourth-order valence-corrected chi connectivity index (χ4v) is 7.41. The molecular formula is C25H36O6. The molecule has 0 amide bonds. The molecular weight excluding hydrogens is 396 g/mol. The number of esters is 1. The molecule has 2 fully saturated rings. The molecule has 6 nitrogen and oxygen atoms in total. The summed E-state index contributed by atoms with van der Waals surface area (Å²) in [6.45, 7) is 9.58. The second-order valence-corrected chi connectivity index (χ2v) is 10.6. The van der Waals surface area contributed by atoms with Gasteiger partial charge in [-0.05, 0) is 32.6 Å². The molecule has 0 unspecified atom stereocenters. The van der Waals surface area contributed by atoms with Crippen LogP contribution < -0.4 is 0 Å². The number of carbonyl (C=O) groups excluding carboxylic acids is 2. The molecule has 0 aromatic carbocycles. The van der Waals surface area contributed by atoms with Crippen molar-refractivity contribution in [1.82, 2.24) is 0 Å². The summed E-state index contributed by atoms with van der Waals surface area (Å²) in [4.78, 5) is 26.2. The van der Waals surface area contributed by atoms with E-state index in [1.54, 1.807) is 6.92 Å². The zero-order valence-electron chi connectivity index (χ0n) is 19.4. The Morgan fingerprint density at radius 1 is 1.29 bits per heavy atom. The van der Waals surface area contributed by atoms with Crippen molar-refractivity contribution >= 4 is 11.8 Å². The number of aliphatic hydroxyl groups excluding tert-OH is 2. The number of hydrogen-bond acceptors (Lipinski definition) is 6. The van der Waals surface area contributed by atoms with Crippen LogP contribution in [0.3, 0.4) is 0 Å². The van der Waals surface area contributed by atoms with E-state index in [0.29, 0.717) is 12.8 Å². The minimum atomic E-state index is -0.834. The molecule has 4 aliphatic rings. The third kappa shape index (κ3) is 3.01. The van der Waals surface area contributed by atoms with Crippen molar-refractivity contribution in [2.45, 2.75) is 71.9 Å². The Balaban J connectivity index is 1.92. The van der Waals surface area contributed by atoms with Crippen molar-refractivity contribution in [3.63, 3.8) is 0 Å². The first-order valence-electron chi connectivity index (χ1n) is 11.5. The van der Waals surface area contributed by atoms with Crippen LogP contribution in [0.25, 0.3) is 0 Å². The van der Waals surface area contributed by atoms with Gasteiger partial charge in [-0.2, -0.15) is 0 Å². The summed E-state index contributed by atoms with van der Waals surface area (Å²) >= 11 is 0. The molecule has 172 valence electrons. The highest BCUT2D eigenvalue weighted by atomic mass is 16.6. The second-order valence-electron chi connectivity index (χ2n) is 10.6. The number of hydrogen-bond donors (Lipinski definition) is 2. The van der Waals surface area contributed by atoms with E-state index < -0.39 is 47.1 Å². The van der Waals surface area contributed by atoms with Gasteiger partial charge in [0.2, 0.25) is 0 Å². The van der Waals surface area contributed by atoms with Crippen LogP contribution in [0.2, 0.25) is 0 Å². The first-order chi connectivity index (χ1) is 14.5. The van der Waals surface area contributed by atoms with E-state index in [9.17, 15) is 19.8 Å². The summed E-state index contributed by atoms with van der Waals surface area (Å²) in [5.41, 5.74) is 0.252. The largest absolute Gasteiger partial charge is 0.457 e. The highest BCUT2D eigenvalue weighted by Crippen LogP contribution is 2.71. The quantitative estimate of drug-likeness (QED) is 0.515. The average molecular weight is 433 g/mol. The smallest absolute Gasteiger partial charge is 0.335 e. The minimum Gasteiger partial charge on any atom is -0.457 e. The van der Waals surface area contributed by atoms with Gasteiger partial charge in [0, 0.05) is 41.6 Å². The maximum Gasteiger partial charge on any atom is 0.335 e. The van der Waals surface area contributed by atoms with Gasteiger partial charge in [-0.25, -0.2) is 4.79 Å². The van der Waals surface area contributed by atoms with Gasteiger partial charge in [-0.15, -0.1) is 0 Å². The Hall–Kier alpha value is -1.50. The lowest BCUT2D eigenvalue weighted by Gasteiger charge is -2.54. The highest BCUT2D eigenvalue weighted by Gasteiger charge is 2.71. The van der Waals surface area contributed by atoms with E-state index in [4.69, 9.17) is 9.47 Å². The summed E-state index contributed by atoms with van der Waals surface area (Å²) in [5, 5.41) is 21.7. The van der Waals surface area contributed by atoms with Crippen LogP contribution in [-0.4, -0.2) is 53.5 Å². The lowest BCUT2D eigenvalue weighted by molar-refractivity contribution is -0.171. The van der Waals surface area contributed by atoms with Gasteiger partial charge in [0.15, 0.2) is 6.10 Å². The van der Waals surface area contributed by atoms with E-state index in [-0.39, 0.29) is 29.5 Å². The minimum absolute atomic E-state index is 0.0626. The van der Waals surface area contributed by atoms with Gasteiger partial charge in [0.25, 0.3) is 0 Å². The maximum absolute atomic E-state index is 13.2. The van der Waals surface area contributed by atoms with Crippen LogP contribution >= 0.6 is 0 Å². The van der Waals surface area contributed by atoms with Crippen molar-refractivity contribution in [2.24, 2.45) is 40.4 Å². The number of methoxy groups -OCH3 is 1.